The molecule has 0 radical (unpaired) electrons. The third kappa shape index (κ3) is 5.25. The maximum atomic E-state index is 10.7. The van der Waals surface area contributed by atoms with E-state index in [1.807, 2.05) is 0 Å². The zero-order valence-corrected chi connectivity index (χ0v) is 13.1. The molecule has 118 valence electrons. The number of nitrogens with zero attached hydrogens (tertiary/aromatic N) is 5. The van der Waals surface area contributed by atoms with Crippen LogP contribution in [0, 0.1) is 5.92 Å². The lowest BCUT2D eigenvalue weighted by Gasteiger charge is -2.33. The van der Waals surface area contributed by atoms with E-state index in [1.54, 1.807) is 0 Å². The lowest BCUT2D eigenvalue weighted by atomic mass is 10.2. The topological polar surface area (TPSA) is 93.4 Å². The molecule has 1 aromatic heterocycles. The van der Waals surface area contributed by atoms with Crippen LogP contribution in [0.1, 0.15) is 13.8 Å². The average Bonchev–Trinajstić information content (AvgIpc) is 2.82. The Labute approximate surface area is 127 Å². The number of aliphatic carboxylic acids is 1. The molecule has 0 saturated carbocycles. The van der Waals surface area contributed by atoms with Gasteiger partial charge >= 0.3 is 5.97 Å². The van der Waals surface area contributed by atoms with Gasteiger partial charge in [0.2, 0.25) is 5.16 Å². The molecule has 2 heterocycles. The molecule has 1 saturated heterocycles. The predicted molar refractivity (Wildman–Crippen MR) is 77.2 cm³/mol. The maximum absolute atomic E-state index is 10.7. The van der Waals surface area contributed by atoms with Gasteiger partial charge in [-0.15, -0.1) is 5.10 Å². The van der Waals surface area contributed by atoms with Crippen molar-refractivity contribution in [3.8, 4) is 0 Å². The van der Waals surface area contributed by atoms with E-state index in [-0.39, 0.29) is 12.6 Å². The van der Waals surface area contributed by atoms with Crippen LogP contribution in [0.15, 0.2) is 5.16 Å². The minimum Gasteiger partial charge on any atom is -0.480 e. The molecule has 1 atom stereocenters. The van der Waals surface area contributed by atoms with Crippen LogP contribution in [0.4, 0.5) is 0 Å². The Balaban J connectivity index is 1.82. The molecule has 2 rings (SSSR count). The number of carbonyl (C=O) groups is 1. The van der Waals surface area contributed by atoms with Gasteiger partial charge in [0.15, 0.2) is 0 Å². The first-order valence-electron chi connectivity index (χ1n) is 6.99. The number of rotatable bonds is 7. The first-order chi connectivity index (χ1) is 10.0. The molecule has 21 heavy (non-hydrogen) atoms. The molecule has 1 N–H and O–H groups in total. The highest BCUT2D eigenvalue weighted by molar-refractivity contribution is 7.99. The molecular formula is C12H21N5O3S. The lowest BCUT2D eigenvalue weighted by molar-refractivity contribution is -0.138. The van der Waals surface area contributed by atoms with Gasteiger partial charge < -0.3 is 9.84 Å². The fourth-order valence-electron chi connectivity index (χ4n) is 2.26. The third-order valence-electron chi connectivity index (χ3n) is 3.03. The molecule has 8 nitrogen and oxygen atoms in total. The summed E-state index contributed by atoms with van der Waals surface area (Å²) < 4.78 is 7.05. The molecule has 9 heteroatoms. The Hall–Kier alpha value is -1.19. The monoisotopic (exact) mass is 315 g/mol. The second kappa shape index (κ2) is 7.71. The highest BCUT2D eigenvalue weighted by Crippen LogP contribution is 2.18. The molecule has 0 amide bonds. The summed E-state index contributed by atoms with van der Waals surface area (Å²) in [5.41, 5.74) is 0. The van der Waals surface area contributed by atoms with Crippen LogP contribution in [-0.4, -0.2) is 74.3 Å². The van der Waals surface area contributed by atoms with Crippen molar-refractivity contribution in [3.05, 3.63) is 0 Å². The van der Waals surface area contributed by atoms with Gasteiger partial charge in [-0.1, -0.05) is 25.6 Å². The van der Waals surface area contributed by atoms with Crippen molar-refractivity contribution in [2.45, 2.75) is 31.7 Å². The summed E-state index contributed by atoms with van der Waals surface area (Å²) >= 11 is 1.43. The SMILES string of the molecule is CC(C)CN1CCOC(CSc2nnnn2CC(=O)O)C1. The van der Waals surface area contributed by atoms with Crippen molar-refractivity contribution in [2.75, 3.05) is 32.0 Å². The number of hydrogen-bond donors (Lipinski definition) is 1. The molecule has 0 aliphatic carbocycles. The highest BCUT2D eigenvalue weighted by Gasteiger charge is 2.22. The number of tetrazole rings is 1. The van der Waals surface area contributed by atoms with Crippen LogP contribution in [0.3, 0.4) is 0 Å². The third-order valence-corrected chi connectivity index (χ3v) is 4.12. The van der Waals surface area contributed by atoms with E-state index < -0.39 is 5.97 Å². The van der Waals surface area contributed by atoms with Gasteiger partial charge in [0.25, 0.3) is 0 Å². The minimum absolute atomic E-state index is 0.123. The second-order valence-electron chi connectivity index (χ2n) is 5.47. The van der Waals surface area contributed by atoms with E-state index >= 15 is 0 Å². The lowest BCUT2D eigenvalue weighted by Crippen LogP contribution is -2.44. The molecule has 0 bridgehead atoms. The van der Waals surface area contributed by atoms with Crippen molar-refractivity contribution in [1.82, 2.24) is 25.1 Å². The summed E-state index contributed by atoms with van der Waals surface area (Å²) in [6.45, 7) is 7.86. The predicted octanol–water partition coefficient (Wildman–Crippen LogP) is 0.207. The molecule has 1 aromatic rings. The van der Waals surface area contributed by atoms with Gasteiger partial charge in [0, 0.05) is 25.4 Å². The molecule has 1 unspecified atom stereocenters. The van der Waals surface area contributed by atoms with Crippen molar-refractivity contribution in [2.24, 2.45) is 5.92 Å². The number of aromatic nitrogens is 4. The number of hydrogen-bond acceptors (Lipinski definition) is 7. The molecule has 1 aliphatic heterocycles. The smallest absolute Gasteiger partial charge is 0.325 e. The Morgan fingerprint density at radius 3 is 3.10 bits per heavy atom. The molecule has 1 aliphatic rings. The number of thioether (sulfide) groups is 1. The van der Waals surface area contributed by atoms with Gasteiger partial charge in [0.1, 0.15) is 6.54 Å². The van der Waals surface area contributed by atoms with Crippen LogP contribution in [-0.2, 0) is 16.1 Å². The fourth-order valence-corrected chi connectivity index (χ4v) is 3.14. The van der Waals surface area contributed by atoms with Crippen molar-refractivity contribution in [1.29, 1.82) is 0 Å². The van der Waals surface area contributed by atoms with E-state index in [4.69, 9.17) is 9.84 Å². The summed E-state index contributed by atoms with van der Waals surface area (Å²) in [7, 11) is 0. The van der Waals surface area contributed by atoms with Crippen LogP contribution in [0.25, 0.3) is 0 Å². The second-order valence-corrected chi connectivity index (χ2v) is 6.46. The van der Waals surface area contributed by atoms with Crippen molar-refractivity contribution in [3.63, 3.8) is 0 Å². The molecular weight excluding hydrogens is 294 g/mol. The molecule has 0 aromatic carbocycles. The summed E-state index contributed by atoms with van der Waals surface area (Å²) in [5, 5.41) is 20.4. The van der Waals surface area contributed by atoms with Gasteiger partial charge in [-0.25, -0.2) is 4.68 Å². The summed E-state index contributed by atoms with van der Waals surface area (Å²) in [4.78, 5) is 13.1. The molecule has 1 fully saturated rings. The summed E-state index contributed by atoms with van der Waals surface area (Å²) in [5.74, 6) is 0.398. The van der Waals surface area contributed by atoms with Crippen LogP contribution in [0.2, 0.25) is 0 Å². The zero-order chi connectivity index (χ0) is 15.2. The quantitative estimate of drug-likeness (QED) is 0.714. The summed E-state index contributed by atoms with van der Waals surface area (Å²) in [6, 6.07) is 0. The van der Waals surface area contributed by atoms with Gasteiger partial charge in [-0.2, -0.15) is 0 Å². The van der Waals surface area contributed by atoms with Crippen molar-refractivity contribution < 1.29 is 14.6 Å². The Morgan fingerprint density at radius 1 is 1.57 bits per heavy atom. The number of carboxylic acids is 1. The average molecular weight is 315 g/mol. The minimum atomic E-state index is -0.957. The first kappa shape index (κ1) is 16.2. The van der Waals surface area contributed by atoms with Gasteiger partial charge in [-0.3, -0.25) is 9.69 Å². The van der Waals surface area contributed by atoms with E-state index in [2.05, 4.69) is 34.3 Å². The van der Waals surface area contributed by atoms with Crippen LogP contribution in [0.5, 0.6) is 0 Å². The van der Waals surface area contributed by atoms with Gasteiger partial charge in [0.05, 0.1) is 12.7 Å². The summed E-state index contributed by atoms with van der Waals surface area (Å²) in [6.07, 6.45) is 0.123. The van der Waals surface area contributed by atoms with E-state index in [0.717, 1.165) is 26.2 Å². The Kier molecular flexibility index (Phi) is 5.95. The number of morpholine rings is 1. The number of ether oxygens (including phenoxy) is 1. The first-order valence-corrected chi connectivity index (χ1v) is 7.98. The van der Waals surface area contributed by atoms with Crippen LogP contribution >= 0.6 is 11.8 Å². The Morgan fingerprint density at radius 2 is 2.38 bits per heavy atom. The largest absolute Gasteiger partial charge is 0.480 e. The normalized spacial score (nSPS) is 20.0. The molecule has 0 spiro atoms. The highest BCUT2D eigenvalue weighted by atomic mass is 32.2. The Bertz CT molecular complexity index is 468. The fraction of sp³-hybridized carbons (Fsp3) is 0.833. The van der Waals surface area contributed by atoms with Gasteiger partial charge in [-0.05, 0) is 16.3 Å². The zero-order valence-electron chi connectivity index (χ0n) is 12.3. The van der Waals surface area contributed by atoms with Crippen LogP contribution < -0.4 is 0 Å². The van der Waals surface area contributed by atoms with E-state index in [1.165, 1.54) is 16.4 Å². The maximum Gasteiger partial charge on any atom is 0.325 e. The van der Waals surface area contributed by atoms with E-state index in [9.17, 15) is 4.79 Å². The standard InChI is InChI=1S/C12H21N5O3S/c1-9(2)5-16-3-4-20-10(6-16)8-21-12-13-14-15-17(12)7-11(18)19/h9-10H,3-8H2,1-2H3,(H,18,19). The van der Waals surface area contributed by atoms with E-state index in [0.29, 0.717) is 16.8 Å². The number of carboxylic acid groups (broad SMARTS) is 1. The van der Waals surface area contributed by atoms with Crippen molar-refractivity contribution >= 4 is 17.7 Å².